The van der Waals surface area contributed by atoms with Crippen LogP contribution >= 0.6 is 11.6 Å². The standard InChI is InChI=1S/C14H16ClNO3/c1-16(7-6-13(17)18)14(19)11-8-10(11)9-4-2-3-5-12(9)15/h2-5,10-11H,6-8H2,1H3,(H,17,18)/t10-,11-/m0/s1. The summed E-state index contributed by atoms with van der Waals surface area (Å²) >= 11 is 6.11. The van der Waals surface area contributed by atoms with Crippen LogP contribution in [0.15, 0.2) is 24.3 Å². The maximum absolute atomic E-state index is 12.1. The van der Waals surface area contributed by atoms with Crippen molar-refractivity contribution >= 4 is 23.5 Å². The number of amides is 1. The summed E-state index contributed by atoms with van der Waals surface area (Å²) in [5.41, 5.74) is 1.01. The minimum atomic E-state index is -0.891. The van der Waals surface area contributed by atoms with Gasteiger partial charge in [0.15, 0.2) is 0 Å². The van der Waals surface area contributed by atoms with E-state index in [1.54, 1.807) is 7.05 Å². The van der Waals surface area contributed by atoms with Gasteiger partial charge in [-0.1, -0.05) is 29.8 Å². The molecule has 1 N–H and O–H groups in total. The number of nitrogens with zero attached hydrogens (tertiary/aromatic N) is 1. The Hall–Kier alpha value is -1.55. The summed E-state index contributed by atoms with van der Waals surface area (Å²) in [4.78, 5) is 24.1. The second kappa shape index (κ2) is 5.61. The Balaban J connectivity index is 1.94. The van der Waals surface area contributed by atoms with Crippen molar-refractivity contribution in [1.82, 2.24) is 4.90 Å². The van der Waals surface area contributed by atoms with Gasteiger partial charge < -0.3 is 10.0 Å². The molecule has 4 nitrogen and oxygen atoms in total. The number of carboxylic acids is 1. The highest BCUT2D eigenvalue weighted by Crippen LogP contribution is 2.50. The number of hydrogen-bond donors (Lipinski definition) is 1. The summed E-state index contributed by atoms with van der Waals surface area (Å²) in [5.74, 6) is -0.767. The molecule has 1 fully saturated rings. The summed E-state index contributed by atoms with van der Waals surface area (Å²) in [6.07, 6.45) is 0.770. The molecule has 0 bridgehead atoms. The van der Waals surface area contributed by atoms with Gasteiger partial charge in [0.1, 0.15) is 0 Å². The third-order valence-corrected chi connectivity index (χ3v) is 3.79. The smallest absolute Gasteiger partial charge is 0.305 e. The van der Waals surface area contributed by atoms with E-state index in [1.165, 1.54) is 4.90 Å². The molecule has 0 saturated heterocycles. The Labute approximate surface area is 117 Å². The first-order valence-corrected chi connectivity index (χ1v) is 6.59. The van der Waals surface area contributed by atoms with E-state index in [2.05, 4.69) is 0 Å². The minimum absolute atomic E-state index is 0.00571. The molecule has 1 saturated carbocycles. The number of aliphatic carboxylic acids is 1. The molecule has 1 aliphatic rings. The minimum Gasteiger partial charge on any atom is -0.481 e. The van der Waals surface area contributed by atoms with Gasteiger partial charge in [-0.05, 0) is 24.0 Å². The predicted octanol–water partition coefficient (Wildman–Crippen LogP) is 2.38. The number of rotatable bonds is 5. The third kappa shape index (κ3) is 3.26. The lowest BCUT2D eigenvalue weighted by molar-refractivity contribution is -0.138. The van der Waals surface area contributed by atoms with E-state index in [4.69, 9.17) is 16.7 Å². The molecule has 0 unspecified atom stereocenters. The van der Waals surface area contributed by atoms with Gasteiger partial charge in [0.2, 0.25) is 5.91 Å². The number of carbonyl (C=O) groups excluding carboxylic acids is 1. The third-order valence-electron chi connectivity index (χ3n) is 3.45. The highest BCUT2D eigenvalue weighted by molar-refractivity contribution is 6.31. The average molecular weight is 282 g/mol. The van der Waals surface area contributed by atoms with Crippen molar-refractivity contribution in [3.63, 3.8) is 0 Å². The predicted molar refractivity (Wildman–Crippen MR) is 72.2 cm³/mol. The van der Waals surface area contributed by atoms with Gasteiger partial charge in [-0.2, -0.15) is 0 Å². The summed E-state index contributed by atoms with van der Waals surface area (Å²) < 4.78 is 0. The Kier molecular flexibility index (Phi) is 4.10. The van der Waals surface area contributed by atoms with Crippen molar-refractivity contribution in [1.29, 1.82) is 0 Å². The fourth-order valence-corrected chi connectivity index (χ4v) is 2.52. The molecular formula is C14H16ClNO3. The van der Waals surface area contributed by atoms with Crippen molar-refractivity contribution in [3.05, 3.63) is 34.9 Å². The zero-order chi connectivity index (χ0) is 14.0. The Morgan fingerprint density at radius 3 is 2.74 bits per heavy atom. The van der Waals surface area contributed by atoms with Crippen LogP contribution in [0.3, 0.4) is 0 Å². The van der Waals surface area contributed by atoms with Crippen molar-refractivity contribution in [2.75, 3.05) is 13.6 Å². The Bertz CT molecular complexity index is 503. The normalized spacial score (nSPS) is 20.9. The van der Waals surface area contributed by atoms with Crippen molar-refractivity contribution < 1.29 is 14.7 Å². The quantitative estimate of drug-likeness (QED) is 0.901. The second-order valence-corrected chi connectivity index (χ2v) is 5.28. The largest absolute Gasteiger partial charge is 0.481 e. The number of carbonyl (C=O) groups is 2. The number of hydrogen-bond acceptors (Lipinski definition) is 2. The molecule has 0 spiro atoms. The van der Waals surface area contributed by atoms with Crippen LogP contribution in [0.25, 0.3) is 0 Å². The van der Waals surface area contributed by atoms with E-state index in [1.807, 2.05) is 24.3 Å². The van der Waals surface area contributed by atoms with Gasteiger partial charge in [0, 0.05) is 24.5 Å². The molecule has 0 heterocycles. The molecule has 0 aliphatic heterocycles. The van der Waals surface area contributed by atoms with Crippen molar-refractivity contribution in [3.8, 4) is 0 Å². The van der Waals surface area contributed by atoms with Crippen LogP contribution in [0.5, 0.6) is 0 Å². The van der Waals surface area contributed by atoms with Gasteiger partial charge in [-0.25, -0.2) is 0 Å². The molecule has 1 amide bonds. The van der Waals surface area contributed by atoms with E-state index >= 15 is 0 Å². The van der Waals surface area contributed by atoms with Gasteiger partial charge in [0.05, 0.1) is 6.42 Å². The van der Waals surface area contributed by atoms with Crippen LogP contribution in [0.1, 0.15) is 24.3 Å². The lowest BCUT2D eigenvalue weighted by Gasteiger charge is -2.16. The summed E-state index contributed by atoms with van der Waals surface area (Å²) in [7, 11) is 1.65. The zero-order valence-electron chi connectivity index (χ0n) is 10.7. The molecule has 0 aromatic heterocycles. The summed E-state index contributed by atoms with van der Waals surface area (Å²) in [6.45, 7) is 0.250. The van der Waals surface area contributed by atoms with E-state index in [-0.39, 0.29) is 30.7 Å². The molecule has 2 rings (SSSR count). The Morgan fingerprint density at radius 1 is 1.42 bits per heavy atom. The molecule has 1 aromatic carbocycles. The van der Waals surface area contributed by atoms with Gasteiger partial charge in [-0.3, -0.25) is 9.59 Å². The number of benzene rings is 1. The molecule has 2 atom stereocenters. The molecule has 0 radical (unpaired) electrons. The maximum Gasteiger partial charge on any atom is 0.305 e. The number of carboxylic acid groups (broad SMARTS) is 1. The monoisotopic (exact) mass is 281 g/mol. The number of halogens is 1. The summed E-state index contributed by atoms with van der Waals surface area (Å²) in [6, 6.07) is 7.54. The first-order chi connectivity index (χ1) is 9.00. The van der Waals surface area contributed by atoms with Crippen LogP contribution in [0, 0.1) is 5.92 Å². The fourth-order valence-electron chi connectivity index (χ4n) is 2.24. The molecule has 102 valence electrons. The first-order valence-electron chi connectivity index (χ1n) is 6.22. The van der Waals surface area contributed by atoms with Crippen molar-refractivity contribution in [2.45, 2.75) is 18.8 Å². The average Bonchev–Trinajstić information content (AvgIpc) is 3.15. The fraction of sp³-hybridized carbons (Fsp3) is 0.429. The highest BCUT2D eigenvalue weighted by atomic mass is 35.5. The van der Waals surface area contributed by atoms with E-state index in [0.717, 1.165) is 12.0 Å². The van der Waals surface area contributed by atoms with Gasteiger partial charge in [0.25, 0.3) is 0 Å². The van der Waals surface area contributed by atoms with Crippen LogP contribution in [-0.2, 0) is 9.59 Å². The Morgan fingerprint density at radius 2 is 2.11 bits per heavy atom. The first kappa shape index (κ1) is 13.9. The van der Waals surface area contributed by atoms with Crippen LogP contribution in [0.4, 0.5) is 0 Å². The van der Waals surface area contributed by atoms with Crippen molar-refractivity contribution in [2.24, 2.45) is 5.92 Å². The zero-order valence-corrected chi connectivity index (χ0v) is 11.4. The maximum atomic E-state index is 12.1. The van der Waals surface area contributed by atoms with Gasteiger partial charge in [-0.15, -0.1) is 0 Å². The molecule has 5 heteroatoms. The lowest BCUT2D eigenvalue weighted by Crippen LogP contribution is -2.30. The molecular weight excluding hydrogens is 266 g/mol. The molecule has 1 aliphatic carbocycles. The van der Waals surface area contributed by atoms with Crippen LogP contribution in [0.2, 0.25) is 5.02 Å². The van der Waals surface area contributed by atoms with E-state index in [9.17, 15) is 9.59 Å². The van der Waals surface area contributed by atoms with E-state index in [0.29, 0.717) is 5.02 Å². The van der Waals surface area contributed by atoms with Crippen LogP contribution < -0.4 is 0 Å². The van der Waals surface area contributed by atoms with E-state index < -0.39 is 5.97 Å². The second-order valence-electron chi connectivity index (χ2n) is 4.87. The SMILES string of the molecule is CN(CCC(=O)O)C(=O)[C@H]1C[C@H]1c1ccccc1Cl. The summed E-state index contributed by atoms with van der Waals surface area (Å²) in [5, 5.41) is 9.30. The highest BCUT2D eigenvalue weighted by Gasteiger charge is 2.45. The molecule has 1 aromatic rings. The van der Waals surface area contributed by atoms with Gasteiger partial charge >= 0.3 is 5.97 Å². The molecule has 19 heavy (non-hydrogen) atoms. The van der Waals surface area contributed by atoms with Crippen LogP contribution in [-0.4, -0.2) is 35.5 Å². The topological polar surface area (TPSA) is 57.6 Å². The lowest BCUT2D eigenvalue weighted by atomic mass is 10.1.